The lowest BCUT2D eigenvalue weighted by Crippen LogP contribution is -2.12. The highest BCUT2D eigenvalue weighted by Crippen LogP contribution is 2.37. The quantitative estimate of drug-likeness (QED) is 0.700. The number of hydrogen-bond donors (Lipinski definition) is 2. The Balaban J connectivity index is 2.66. The van der Waals surface area contributed by atoms with Crippen molar-refractivity contribution in [2.45, 2.75) is 32.2 Å². The second-order valence-corrected chi connectivity index (χ2v) is 4.37. The van der Waals surface area contributed by atoms with Crippen LogP contribution in [0, 0.1) is 0 Å². The number of nitrogen functional groups attached to an aromatic ring is 1. The smallest absolute Gasteiger partial charge is 0.0641 e. The molecule has 1 aromatic rings. The molecule has 1 aliphatic carbocycles. The maximum Gasteiger partial charge on any atom is 0.0641 e. The zero-order chi connectivity index (χ0) is 10.3. The molecule has 0 unspecified atom stereocenters. The van der Waals surface area contributed by atoms with E-state index in [0.29, 0.717) is 10.7 Å². The second-order valence-electron chi connectivity index (χ2n) is 3.97. The maximum absolute atomic E-state index is 6.06. The highest BCUT2D eigenvalue weighted by atomic mass is 35.5. The Bertz CT molecular complexity index is 372. The Kier molecular flexibility index (Phi) is 2.41. The molecule has 0 saturated carbocycles. The zero-order valence-electron chi connectivity index (χ0n) is 8.31. The number of aryl methyl sites for hydroxylation is 1. The fourth-order valence-corrected chi connectivity index (χ4v) is 2.51. The van der Waals surface area contributed by atoms with Crippen LogP contribution in [0.5, 0.6) is 0 Å². The largest absolute Gasteiger partial charge is 0.397 e. The number of rotatable bonds is 1. The van der Waals surface area contributed by atoms with Crippen molar-refractivity contribution in [3.05, 3.63) is 27.8 Å². The highest BCUT2D eigenvalue weighted by Gasteiger charge is 2.21. The summed E-state index contributed by atoms with van der Waals surface area (Å²) in [6.45, 7) is 1.96. The van der Waals surface area contributed by atoms with Gasteiger partial charge in [-0.2, -0.15) is 0 Å². The van der Waals surface area contributed by atoms with E-state index in [1.807, 2.05) is 13.0 Å². The number of anilines is 1. The molecule has 2 nitrogen and oxygen atoms in total. The fourth-order valence-electron chi connectivity index (χ4n) is 2.28. The predicted octanol–water partition coefficient (Wildman–Crippen LogP) is 2.43. The number of nitrogens with two attached hydrogens (primary N) is 2. The maximum atomic E-state index is 6.06. The summed E-state index contributed by atoms with van der Waals surface area (Å²) in [7, 11) is 0. The minimum atomic E-state index is -0.0273. The van der Waals surface area contributed by atoms with Crippen LogP contribution in [0.15, 0.2) is 6.07 Å². The summed E-state index contributed by atoms with van der Waals surface area (Å²) in [6, 6.07) is 1.96. The topological polar surface area (TPSA) is 52.0 Å². The van der Waals surface area contributed by atoms with E-state index in [1.165, 1.54) is 17.5 Å². The monoisotopic (exact) mass is 210 g/mol. The van der Waals surface area contributed by atoms with Crippen molar-refractivity contribution in [1.29, 1.82) is 0 Å². The Morgan fingerprint density at radius 3 is 2.79 bits per heavy atom. The van der Waals surface area contributed by atoms with Gasteiger partial charge in [0.15, 0.2) is 0 Å². The molecule has 0 amide bonds. The van der Waals surface area contributed by atoms with Crippen molar-refractivity contribution in [2.24, 2.45) is 5.73 Å². The Labute approximate surface area is 89.2 Å². The third-order valence-corrected chi connectivity index (χ3v) is 3.20. The second kappa shape index (κ2) is 3.44. The van der Waals surface area contributed by atoms with Crippen LogP contribution in [-0.4, -0.2) is 0 Å². The van der Waals surface area contributed by atoms with Crippen molar-refractivity contribution in [3.8, 4) is 0 Å². The zero-order valence-corrected chi connectivity index (χ0v) is 9.06. The molecule has 0 saturated heterocycles. The standard InChI is InChI=1S/C11H15ClN2/c1-6(13)10-8-4-2-3-7(8)5-9(12)11(10)14/h5-6H,2-4,13-14H2,1H3/t6-/m1/s1. The Hall–Kier alpha value is -0.730. The number of hydrogen-bond acceptors (Lipinski definition) is 2. The van der Waals surface area contributed by atoms with Gasteiger partial charge >= 0.3 is 0 Å². The van der Waals surface area contributed by atoms with E-state index in [9.17, 15) is 0 Å². The molecule has 0 spiro atoms. The number of halogens is 1. The Morgan fingerprint density at radius 1 is 1.43 bits per heavy atom. The summed E-state index contributed by atoms with van der Waals surface area (Å²) < 4.78 is 0. The van der Waals surface area contributed by atoms with Gasteiger partial charge in [0.2, 0.25) is 0 Å². The van der Waals surface area contributed by atoms with Crippen molar-refractivity contribution < 1.29 is 0 Å². The lowest BCUT2D eigenvalue weighted by molar-refractivity contribution is 0.802. The van der Waals surface area contributed by atoms with Crippen LogP contribution in [0.3, 0.4) is 0 Å². The number of fused-ring (bicyclic) bond motifs is 1. The van der Waals surface area contributed by atoms with Gasteiger partial charge < -0.3 is 11.5 Å². The van der Waals surface area contributed by atoms with Gasteiger partial charge in [-0.1, -0.05) is 11.6 Å². The minimum Gasteiger partial charge on any atom is -0.397 e. The average Bonchev–Trinajstić information content (AvgIpc) is 2.52. The van der Waals surface area contributed by atoms with Crippen molar-refractivity contribution in [2.75, 3.05) is 5.73 Å². The predicted molar refractivity (Wildman–Crippen MR) is 60.5 cm³/mol. The molecule has 76 valence electrons. The van der Waals surface area contributed by atoms with Gasteiger partial charge in [-0.05, 0) is 48.9 Å². The van der Waals surface area contributed by atoms with E-state index in [2.05, 4.69) is 0 Å². The van der Waals surface area contributed by atoms with Crippen LogP contribution in [0.4, 0.5) is 5.69 Å². The van der Waals surface area contributed by atoms with Crippen LogP contribution in [0.1, 0.15) is 36.1 Å². The molecule has 0 aliphatic heterocycles. The van der Waals surface area contributed by atoms with Crippen LogP contribution >= 0.6 is 11.6 Å². The average molecular weight is 211 g/mol. The van der Waals surface area contributed by atoms with Gasteiger partial charge in [-0.15, -0.1) is 0 Å². The first-order valence-corrected chi connectivity index (χ1v) is 5.34. The molecular formula is C11H15ClN2. The molecule has 1 atom stereocenters. The third-order valence-electron chi connectivity index (χ3n) is 2.89. The Morgan fingerprint density at radius 2 is 2.14 bits per heavy atom. The molecule has 3 heteroatoms. The first-order valence-electron chi connectivity index (χ1n) is 4.96. The SMILES string of the molecule is C[C@@H](N)c1c(N)c(Cl)cc2c1CCC2. The molecule has 4 N–H and O–H groups in total. The van der Waals surface area contributed by atoms with E-state index in [0.717, 1.165) is 18.4 Å². The van der Waals surface area contributed by atoms with Crippen molar-refractivity contribution in [3.63, 3.8) is 0 Å². The minimum absolute atomic E-state index is 0.0273. The van der Waals surface area contributed by atoms with Gasteiger partial charge in [0.05, 0.1) is 10.7 Å². The molecular weight excluding hydrogens is 196 g/mol. The van der Waals surface area contributed by atoms with Gasteiger partial charge in [-0.25, -0.2) is 0 Å². The molecule has 1 aromatic carbocycles. The van der Waals surface area contributed by atoms with E-state index >= 15 is 0 Å². The van der Waals surface area contributed by atoms with Crippen LogP contribution < -0.4 is 11.5 Å². The van der Waals surface area contributed by atoms with Crippen molar-refractivity contribution >= 4 is 17.3 Å². The molecule has 0 bridgehead atoms. The van der Waals surface area contributed by atoms with Crippen LogP contribution in [0.25, 0.3) is 0 Å². The van der Waals surface area contributed by atoms with E-state index < -0.39 is 0 Å². The van der Waals surface area contributed by atoms with E-state index in [1.54, 1.807) is 0 Å². The molecule has 0 fully saturated rings. The number of benzene rings is 1. The summed E-state index contributed by atoms with van der Waals surface area (Å²) in [4.78, 5) is 0. The van der Waals surface area contributed by atoms with E-state index in [4.69, 9.17) is 23.1 Å². The third kappa shape index (κ3) is 1.39. The fraction of sp³-hybridized carbons (Fsp3) is 0.455. The summed E-state index contributed by atoms with van der Waals surface area (Å²) in [5, 5.41) is 0.651. The van der Waals surface area contributed by atoms with Gasteiger partial charge in [0.1, 0.15) is 0 Å². The summed E-state index contributed by atoms with van der Waals surface area (Å²) in [6.07, 6.45) is 3.39. The van der Waals surface area contributed by atoms with Crippen LogP contribution in [-0.2, 0) is 12.8 Å². The lowest BCUT2D eigenvalue weighted by Gasteiger charge is -2.16. The first-order chi connectivity index (χ1) is 6.61. The summed E-state index contributed by atoms with van der Waals surface area (Å²) in [5.41, 5.74) is 16.3. The van der Waals surface area contributed by atoms with Gasteiger partial charge in [-0.3, -0.25) is 0 Å². The first kappa shape index (κ1) is 9.81. The highest BCUT2D eigenvalue weighted by molar-refractivity contribution is 6.33. The molecule has 0 heterocycles. The normalized spacial score (nSPS) is 16.8. The molecule has 14 heavy (non-hydrogen) atoms. The van der Waals surface area contributed by atoms with Crippen LogP contribution in [0.2, 0.25) is 5.02 Å². The van der Waals surface area contributed by atoms with Gasteiger partial charge in [0.25, 0.3) is 0 Å². The summed E-state index contributed by atoms with van der Waals surface area (Å²) in [5.74, 6) is 0. The molecule has 2 rings (SSSR count). The molecule has 0 radical (unpaired) electrons. The van der Waals surface area contributed by atoms with E-state index in [-0.39, 0.29) is 6.04 Å². The molecule has 1 aliphatic rings. The van der Waals surface area contributed by atoms with Crippen molar-refractivity contribution in [1.82, 2.24) is 0 Å². The lowest BCUT2D eigenvalue weighted by atomic mass is 9.97. The molecule has 0 aromatic heterocycles. The van der Waals surface area contributed by atoms with Gasteiger partial charge in [0, 0.05) is 6.04 Å². The summed E-state index contributed by atoms with van der Waals surface area (Å²) >= 11 is 6.06.